The molecule has 2 N–H and O–H groups in total. The van der Waals surface area contributed by atoms with Crippen LogP contribution in [0.4, 0.5) is 0 Å². The van der Waals surface area contributed by atoms with E-state index in [4.69, 9.17) is 4.74 Å². The molecule has 19 heavy (non-hydrogen) atoms. The fourth-order valence-corrected chi connectivity index (χ4v) is 2.44. The number of phenols is 1. The molecule has 0 spiro atoms. The van der Waals surface area contributed by atoms with Crippen molar-refractivity contribution in [3.63, 3.8) is 0 Å². The zero-order valence-corrected chi connectivity index (χ0v) is 12.8. The Hall–Kier alpha value is -0.910. The highest BCUT2D eigenvalue weighted by Crippen LogP contribution is 2.26. The molecular formula is C14H23NO3S. The van der Waals surface area contributed by atoms with E-state index in [2.05, 4.69) is 4.72 Å². The van der Waals surface area contributed by atoms with Gasteiger partial charge < -0.3 is 14.4 Å². The van der Waals surface area contributed by atoms with Crippen molar-refractivity contribution in [1.82, 2.24) is 4.72 Å². The molecule has 0 heterocycles. The summed E-state index contributed by atoms with van der Waals surface area (Å²) in [6.07, 6.45) is 1.73. The minimum Gasteiger partial charge on any atom is -0.598 e. The van der Waals surface area contributed by atoms with Crippen LogP contribution in [0.2, 0.25) is 0 Å². The van der Waals surface area contributed by atoms with Gasteiger partial charge >= 0.3 is 0 Å². The van der Waals surface area contributed by atoms with E-state index in [1.54, 1.807) is 6.07 Å². The molecular weight excluding hydrogens is 262 g/mol. The summed E-state index contributed by atoms with van der Waals surface area (Å²) in [6, 6.07) is 5.53. The van der Waals surface area contributed by atoms with Crippen LogP contribution in [0.25, 0.3) is 0 Å². The number of rotatable bonds is 7. The van der Waals surface area contributed by atoms with E-state index in [1.807, 2.05) is 32.9 Å². The third kappa shape index (κ3) is 5.30. The van der Waals surface area contributed by atoms with Crippen LogP contribution in [-0.4, -0.2) is 28.1 Å². The Kier molecular flexibility index (Phi) is 6.48. The van der Waals surface area contributed by atoms with E-state index >= 15 is 0 Å². The lowest BCUT2D eigenvalue weighted by atomic mass is 10.1. The first kappa shape index (κ1) is 16.1. The molecule has 1 aromatic carbocycles. The van der Waals surface area contributed by atoms with Crippen LogP contribution in [-0.2, 0) is 17.8 Å². The zero-order chi connectivity index (χ0) is 14.4. The van der Waals surface area contributed by atoms with E-state index in [0.29, 0.717) is 5.75 Å². The van der Waals surface area contributed by atoms with Gasteiger partial charge in [0.15, 0.2) is 11.5 Å². The zero-order valence-electron chi connectivity index (χ0n) is 12.0. The van der Waals surface area contributed by atoms with Gasteiger partial charge in [-0.1, -0.05) is 6.07 Å². The summed E-state index contributed by atoms with van der Waals surface area (Å²) in [5.74, 6) is 0.641. The largest absolute Gasteiger partial charge is 0.598 e. The monoisotopic (exact) mass is 285 g/mol. The van der Waals surface area contributed by atoms with Crippen LogP contribution in [0.1, 0.15) is 32.8 Å². The summed E-state index contributed by atoms with van der Waals surface area (Å²) in [6.45, 7) is 5.89. The predicted molar refractivity (Wildman–Crippen MR) is 78.9 cm³/mol. The van der Waals surface area contributed by atoms with Crippen LogP contribution in [0.3, 0.4) is 0 Å². The van der Waals surface area contributed by atoms with Crippen LogP contribution < -0.4 is 9.46 Å². The Balaban J connectivity index is 2.48. The van der Waals surface area contributed by atoms with E-state index < -0.39 is 11.4 Å². The second-order valence-corrected chi connectivity index (χ2v) is 6.68. The van der Waals surface area contributed by atoms with Crippen molar-refractivity contribution in [2.75, 3.05) is 7.11 Å². The van der Waals surface area contributed by atoms with Crippen molar-refractivity contribution >= 4 is 11.4 Å². The first-order valence-corrected chi connectivity index (χ1v) is 7.68. The van der Waals surface area contributed by atoms with Gasteiger partial charge in [0.05, 0.1) is 7.11 Å². The van der Waals surface area contributed by atoms with Gasteiger partial charge in [0.25, 0.3) is 0 Å². The number of aryl methyl sites for hydroxylation is 1. The SMILES string of the molecule is COc1cc(CC[C@@H](C)N[S+]([O-])C(C)C)ccc1O. The Bertz CT molecular complexity index is 398. The molecule has 0 fully saturated rings. The molecule has 0 saturated carbocycles. The fourth-order valence-electron chi connectivity index (χ4n) is 1.65. The normalized spacial score (nSPS) is 14.4. The number of ether oxygens (including phenoxy) is 1. The maximum absolute atomic E-state index is 11.7. The number of nitrogens with one attached hydrogen (secondary N) is 1. The van der Waals surface area contributed by atoms with Crippen molar-refractivity contribution in [3.05, 3.63) is 23.8 Å². The lowest BCUT2D eigenvalue weighted by molar-refractivity contribution is 0.373. The van der Waals surface area contributed by atoms with Crippen molar-refractivity contribution in [2.45, 2.75) is 44.9 Å². The number of hydrogen-bond acceptors (Lipinski definition) is 4. The Morgan fingerprint density at radius 2 is 2.05 bits per heavy atom. The Morgan fingerprint density at radius 1 is 1.37 bits per heavy atom. The molecule has 0 aliphatic carbocycles. The molecule has 0 aliphatic heterocycles. The van der Waals surface area contributed by atoms with Crippen LogP contribution >= 0.6 is 0 Å². The molecule has 1 unspecified atom stereocenters. The fraction of sp³-hybridized carbons (Fsp3) is 0.571. The van der Waals surface area contributed by atoms with Gasteiger partial charge in [-0.15, -0.1) is 4.72 Å². The standard InChI is InChI=1S/C14H23NO3S/c1-10(2)19(17)15-11(3)5-6-12-7-8-13(16)14(9-12)18-4/h7-11,15-16H,5-6H2,1-4H3/t11-,19?/m1/s1. The van der Waals surface area contributed by atoms with Crippen LogP contribution in [0.5, 0.6) is 11.5 Å². The number of methoxy groups -OCH3 is 1. The molecule has 1 rings (SSSR count). The highest BCUT2D eigenvalue weighted by atomic mass is 32.2. The maximum Gasteiger partial charge on any atom is 0.160 e. The molecule has 1 aromatic rings. The van der Waals surface area contributed by atoms with E-state index in [-0.39, 0.29) is 17.0 Å². The van der Waals surface area contributed by atoms with Gasteiger partial charge in [0.1, 0.15) is 5.25 Å². The molecule has 0 radical (unpaired) electrons. The van der Waals surface area contributed by atoms with E-state index in [9.17, 15) is 9.66 Å². The molecule has 0 aliphatic rings. The Morgan fingerprint density at radius 3 is 2.63 bits per heavy atom. The topological polar surface area (TPSA) is 64.5 Å². The summed E-state index contributed by atoms with van der Waals surface area (Å²) in [5.41, 5.74) is 1.10. The van der Waals surface area contributed by atoms with Gasteiger partial charge in [-0.05, 0) is 51.3 Å². The van der Waals surface area contributed by atoms with Gasteiger partial charge in [-0.3, -0.25) is 0 Å². The Labute approximate surface area is 118 Å². The van der Waals surface area contributed by atoms with Gasteiger partial charge in [-0.2, -0.15) is 0 Å². The lowest BCUT2D eigenvalue weighted by Gasteiger charge is -2.19. The first-order chi connectivity index (χ1) is 8.93. The second kappa shape index (κ2) is 7.62. The first-order valence-electron chi connectivity index (χ1n) is 6.46. The van der Waals surface area contributed by atoms with E-state index in [1.165, 1.54) is 7.11 Å². The van der Waals surface area contributed by atoms with Crippen molar-refractivity contribution in [1.29, 1.82) is 0 Å². The summed E-state index contributed by atoms with van der Waals surface area (Å²) in [7, 11) is 1.54. The highest BCUT2D eigenvalue weighted by Gasteiger charge is 2.15. The number of benzene rings is 1. The maximum atomic E-state index is 11.7. The summed E-state index contributed by atoms with van der Waals surface area (Å²) < 4.78 is 19.8. The smallest absolute Gasteiger partial charge is 0.160 e. The van der Waals surface area contributed by atoms with Crippen molar-refractivity contribution in [2.24, 2.45) is 0 Å². The molecule has 108 valence electrons. The summed E-state index contributed by atoms with van der Waals surface area (Å²) in [4.78, 5) is 0. The average molecular weight is 285 g/mol. The number of aromatic hydroxyl groups is 1. The highest BCUT2D eigenvalue weighted by molar-refractivity contribution is 7.90. The molecule has 0 amide bonds. The second-order valence-electron chi connectivity index (χ2n) is 4.91. The van der Waals surface area contributed by atoms with E-state index in [0.717, 1.165) is 18.4 Å². The molecule has 0 aromatic heterocycles. The summed E-state index contributed by atoms with van der Waals surface area (Å²) >= 11 is -0.984. The third-order valence-electron chi connectivity index (χ3n) is 2.86. The van der Waals surface area contributed by atoms with Gasteiger partial charge in [0.2, 0.25) is 0 Å². The molecule has 5 heteroatoms. The summed E-state index contributed by atoms with van der Waals surface area (Å²) in [5, 5.41) is 9.64. The molecule has 2 atom stereocenters. The predicted octanol–water partition coefficient (Wildman–Crippen LogP) is 2.38. The quantitative estimate of drug-likeness (QED) is 0.755. The van der Waals surface area contributed by atoms with Crippen LogP contribution in [0, 0.1) is 0 Å². The van der Waals surface area contributed by atoms with Crippen LogP contribution in [0.15, 0.2) is 18.2 Å². The average Bonchev–Trinajstić information content (AvgIpc) is 2.37. The van der Waals surface area contributed by atoms with Crippen molar-refractivity contribution < 1.29 is 14.4 Å². The molecule has 0 bridgehead atoms. The molecule has 4 nitrogen and oxygen atoms in total. The number of phenolic OH excluding ortho intramolecular Hbond substituents is 1. The molecule has 0 saturated heterocycles. The van der Waals surface area contributed by atoms with Crippen molar-refractivity contribution in [3.8, 4) is 11.5 Å². The minimum absolute atomic E-state index is 0.121. The third-order valence-corrected chi connectivity index (χ3v) is 4.35. The number of hydrogen-bond donors (Lipinski definition) is 2. The lowest BCUT2D eigenvalue weighted by Crippen LogP contribution is -2.37. The van der Waals surface area contributed by atoms with Gasteiger partial charge in [0, 0.05) is 17.4 Å². The van der Waals surface area contributed by atoms with Gasteiger partial charge in [-0.25, -0.2) is 0 Å². The minimum atomic E-state index is -0.984.